The number of aliphatic hydroxyl groups is 1. The highest BCUT2D eigenvalue weighted by molar-refractivity contribution is 7.10. The first-order valence-corrected chi connectivity index (χ1v) is 9.85. The molecule has 2 aromatic rings. The maximum Gasteiger partial charge on any atom is 0.119 e. The highest BCUT2D eigenvalue weighted by atomic mass is 32.1. The summed E-state index contributed by atoms with van der Waals surface area (Å²) >= 11 is 1.65. The molecule has 4 nitrogen and oxygen atoms in total. The molecule has 1 unspecified atom stereocenters. The second-order valence-corrected chi connectivity index (χ2v) is 7.50. The Kier molecular flexibility index (Phi) is 6.73. The quantitative estimate of drug-likeness (QED) is 0.723. The van der Waals surface area contributed by atoms with Gasteiger partial charge in [-0.1, -0.05) is 6.07 Å². The third kappa shape index (κ3) is 5.21. The van der Waals surface area contributed by atoms with Gasteiger partial charge in [0.25, 0.3) is 0 Å². The van der Waals surface area contributed by atoms with Gasteiger partial charge in [0.15, 0.2) is 0 Å². The van der Waals surface area contributed by atoms with E-state index in [4.69, 9.17) is 9.47 Å². The number of hydrogen-bond donors (Lipinski definition) is 1. The van der Waals surface area contributed by atoms with E-state index in [1.807, 2.05) is 41.8 Å². The van der Waals surface area contributed by atoms with Crippen LogP contribution in [0.3, 0.4) is 0 Å². The molecular weight excluding hydrogens is 334 g/mol. The van der Waals surface area contributed by atoms with Crippen molar-refractivity contribution in [1.29, 1.82) is 0 Å². The lowest BCUT2D eigenvalue weighted by molar-refractivity contribution is 0.0598. The fourth-order valence-corrected chi connectivity index (χ4v) is 4.14. The van der Waals surface area contributed by atoms with Crippen LogP contribution in [0, 0.1) is 5.92 Å². The number of benzene rings is 1. The van der Waals surface area contributed by atoms with Crippen molar-refractivity contribution in [2.75, 3.05) is 33.4 Å². The number of likely N-dealkylation sites (tertiary alicyclic amines) is 1. The number of piperidine rings is 1. The van der Waals surface area contributed by atoms with Crippen molar-refractivity contribution >= 4 is 11.3 Å². The molecule has 0 saturated carbocycles. The molecule has 0 amide bonds. The van der Waals surface area contributed by atoms with Crippen LogP contribution in [-0.2, 0) is 0 Å². The molecule has 1 aromatic carbocycles. The maximum absolute atomic E-state index is 10.5. The van der Waals surface area contributed by atoms with Crippen molar-refractivity contribution in [3.8, 4) is 11.5 Å². The smallest absolute Gasteiger partial charge is 0.119 e. The van der Waals surface area contributed by atoms with Crippen molar-refractivity contribution in [1.82, 2.24) is 4.90 Å². The monoisotopic (exact) mass is 361 g/mol. The van der Waals surface area contributed by atoms with Gasteiger partial charge >= 0.3 is 0 Å². The van der Waals surface area contributed by atoms with Gasteiger partial charge in [-0.25, -0.2) is 0 Å². The standard InChI is InChI=1S/C20H27NO3S/c1-23-17-5-7-18(8-6-17)24-14-3-11-21-12-9-16(10-13-21)20(22)19-4-2-15-25-19/h2,4-8,15-16,20,22H,3,9-14H2,1H3. The number of nitrogens with zero attached hydrogens (tertiary/aromatic N) is 1. The summed E-state index contributed by atoms with van der Waals surface area (Å²) in [6.45, 7) is 3.91. The molecule has 1 saturated heterocycles. The van der Waals surface area contributed by atoms with Crippen molar-refractivity contribution in [3.05, 3.63) is 46.7 Å². The van der Waals surface area contributed by atoms with Gasteiger partial charge in [0.2, 0.25) is 0 Å². The molecule has 2 heterocycles. The molecule has 3 rings (SSSR count). The van der Waals surface area contributed by atoms with Crippen LogP contribution in [0.4, 0.5) is 0 Å². The molecule has 0 spiro atoms. The lowest BCUT2D eigenvalue weighted by Gasteiger charge is -2.33. The summed E-state index contributed by atoms with van der Waals surface area (Å²) in [5.74, 6) is 2.13. The molecule has 1 N–H and O–H groups in total. The third-order valence-corrected chi connectivity index (χ3v) is 5.80. The summed E-state index contributed by atoms with van der Waals surface area (Å²) in [6, 6.07) is 11.8. The number of methoxy groups -OCH3 is 1. The number of ether oxygens (including phenoxy) is 2. The summed E-state index contributed by atoms with van der Waals surface area (Å²) < 4.78 is 10.9. The van der Waals surface area contributed by atoms with Crippen LogP contribution < -0.4 is 9.47 Å². The Labute approximate surface area is 154 Å². The summed E-state index contributed by atoms with van der Waals surface area (Å²) in [6.07, 6.45) is 2.86. The summed E-state index contributed by atoms with van der Waals surface area (Å²) in [5.41, 5.74) is 0. The minimum absolute atomic E-state index is 0.291. The van der Waals surface area contributed by atoms with Crippen LogP contribution in [0.5, 0.6) is 11.5 Å². The van der Waals surface area contributed by atoms with E-state index in [1.165, 1.54) is 0 Å². The first kappa shape index (κ1) is 18.2. The normalized spacial score (nSPS) is 17.4. The lowest BCUT2D eigenvalue weighted by atomic mass is 9.90. The first-order chi connectivity index (χ1) is 12.3. The van der Waals surface area contributed by atoms with E-state index in [0.717, 1.165) is 61.9 Å². The van der Waals surface area contributed by atoms with E-state index >= 15 is 0 Å². The first-order valence-electron chi connectivity index (χ1n) is 8.97. The Morgan fingerprint density at radius 2 is 1.88 bits per heavy atom. The zero-order valence-corrected chi connectivity index (χ0v) is 15.6. The summed E-state index contributed by atoms with van der Waals surface area (Å²) in [5, 5.41) is 12.5. The molecule has 1 aliphatic heterocycles. The average molecular weight is 362 g/mol. The van der Waals surface area contributed by atoms with Crippen LogP contribution in [0.25, 0.3) is 0 Å². The maximum atomic E-state index is 10.5. The van der Waals surface area contributed by atoms with Crippen LogP contribution in [0.1, 0.15) is 30.2 Å². The number of thiophene rings is 1. The SMILES string of the molecule is COc1ccc(OCCCN2CCC(C(O)c3cccs3)CC2)cc1. The summed E-state index contributed by atoms with van der Waals surface area (Å²) in [4.78, 5) is 3.58. The van der Waals surface area contributed by atoms with E-state index in [9.17, 15) is 5.11 Å². The van der Waals surface area contributed by atoms with E-state index in [2.05, 4.69) is 4.90 Å². The predicted octanol–water partition coefficient (Wildman–Crippen LogP) is 3.97. The number of hydrogen-bond acceptors (Lipinski definition) is 5. The van der Waals surface area contributed by atoms with Crippen molar-refractivity contribution in [2.24, 2.45) is 5.92 Å². The Morgan fingerprint density at radius 3 is 2.52 bits per heavy atom. The number of aliphatic hydroxyl groups excluding tert-OH is 1. The van der Waals surface area contributed by atoms with E-state index in [0.29, 0.717) is 5.92 Å². The van der Waals surface area contributed by atoms with Crippen LogP contribution in [0.2, 0.25) is 0 Å². The van der Waals surface area contributed by atoms with Gasteiger partial charge in [-0.3, -0.25) is 0 Å². The topological polar surface area (TPSA) is 41.9 Å². The average Bonchev–Trinajstić information content (AvgIpc) is 3.20. The number of rotatable bonds is 8. The fraction of sp³-hybridized carbons (Fsp3) is 0.500. The molecule has 0 bridgehead atoms. The minimum Gasteiger partial charge on any atom is -0.497 e. The van der Waals surface area contributed by atoms with Crippen LogP contribution >= 0.6 is 11.3 Å². The van der Waals surface area contributed by atoms with E-state index in [1.54, 1.807) is 18.4 Å². The second kappa shape index (κ2) is 9.22. The van der Waals surface area contributed by atoms with Crippen molar-refractivity contribution in [3.63, 3.8) is 0 Å². The highest BCUT2D eigenvalue weighted by Crippen LogP contribution is 2.32. The van der Waals surface area contributed by atoms with E-state index in [-0.39, 0.29) is 6.10 Å². The van der Waals surface area contributed by atoms with Gasteiger partial charge in [-0.2, -0.15) is 0 Å². The largest absolute Gasteiger partial charge is 0.497 e. The Bertz CT molecular complexity index is 606. The molecule has 0 radical (unpaired) electrons. The van der Waals surface area contributed by atoms with Gasteiger partial charge in [-0.05, 0) is 74.0 Å². The molecule has 0 aliphatic carbocycles. The zero-order valence-electron chi connectivity index (χ0n) is 14.8. The molecule has 1 aromatic heterocycles. The highest BCUT2D eigenvalue weighted by Gasteiger charge is 2.26. The molecule has 136 valence electrons. The van der Waals surface area contributed by atoms with Crippen molar-refractivity contribution in [2.45, 2.75) is 25.4 Å². The summed E-state index contributed by atoms with van der Waals surface area (Å²) in [7, 11) is 1.67. The van der Waals surface area contributed by atoms with Crippen LogP contribution in [0.15, 0.2) is 41.8 Å². The van der Waals surface area contributed by atoms with Gasteiger partial charge < -0.3 is 19.5 Å². The van der Waals surface area contributed by atoms with Gasteiger partial charge in [0, 0.05) is 11.4 Å². The lowest BCUT2D eigenvalue weighted by Crippen LogP contribution is -2.36. The fourth-order valence-electron chi connectivity index (χ4n) is 3.33. The Balaban J connectivity index is 1.32. The molecule has 1 fully saturated rings. The Morgan fingerprint density at radius 1 is 1.16 bits per heavy atom. The van der Waals surface area contributed by atoms with Gasteiger partial charge in [0.05, 0.1) is 19.8 Å². The minimum atomic E-state index is -0.291. The molecule has 1 atom stereocenters. The van der Waals surface area contributed by atoms with Crippen LogP contribution in [-0.4, -0.2) is 43.4 Å². The molecular formula is C20H27NO3S. The van der Waals surface area contributed by atoms with Gasteiger partial charge in [-0.15, -0.1) is 11.3 Å². The molecule has 1 aliphatic rings. The van der Waals surface area contributed by atoms with Crippen molar-refractivity contribution < 1.29 is 14.6 Å². The molecule has 5 heteroatoms. The predicted molar refractivity (Wildman–Crippen MR) is 102 cm³/mol. The van der Waals surface area contributed by atoms with E-state index < -0.39 is 0 Å². The van der Waals surface area contributed by atoms with Gasteiger partial charge in [0.1, 0.15) is 11.5 Å². The molecule has 25 heavy (non-hydrogen) atoms. The zero-order chi connectivity index (χ0) is 17.5. The Hall–Kier alpha value is -1.56. The third-order valence-electron chi connectivity index (χ3n) is 4.86. The second-order valence-electron chi connectivity index (χ2n) is 6.52.